The minimum absolute atomic E-state index is 0.325. The van der Waals surface area contributed by atoms with Gasteiger partial charge in [0.2, 0.25) is 0 Å². The molecular weight excluding hydrogens is 272 g/mol. The van der Waals surface area contributed by atoms with Crippen LogP contribution >= 0.6 is 0 Å². The van der Waals surface area contributed by atoms with E-state index in [9.17, 15) is 5.11 Å². The summed E-state index contributed by atoms with van der Waals surface area (Å²) in [6.45, 7) is 8.42. The second-order valence-electron chi connectivity index (χ2n) is 6.75. The molecule has 0 aromatic heterocycles. The zero-order valence-electron chi connectivity index (χ0n) is 13.9. The Bertz CT molecular complexity index is 714. The summed E-state index contributed by atoms with van der Waals surface area (Å²) in [5.74, 6) is 1.13. The van der Waals surface area contributed by atoms with Crippen LogP contribution in [0.2, 0.25) is 0 Å². The molecule has 22 heavy (non-hydrogen) atoms. The van der Waals surface area contributed by atoms with Crippen LogP contribution in [0, 0.1) is 6.92 Å². The summed E-state index contributed by atoms with van der Waals surface area (Å²) in [7, 11) is 0. The van der Waals surface area contributed by atoms with Gasteiger partial charge in [0.05, 0.1) is 5.56 Å². The number of benzene rings is 2. The largest absolute Gasteiger partial charge is 0.507 e. The first-order valence-electron chi connectivity index (χ1n) is 8.09. The number of phenols is 1. The number of aromatic hydroxyl groups is 1. The Morgan fingerprint density at radius 2 is 1.91 bits per heavy atom. The molecule has 0 saturated carbocycles. The maximum absolute atomic E-state index is 10.6. The molecule has 0 amide bonds. The van der Waals surface area contributed by atoms with Crippen molar-refractivity contribution < 1.29 is 9.84 Å². The van der Waals surface area contributed by atoms with Gasteiger partial charge in [0.15, 0.2) is 0 Å². The molecule has 0 fully saturated rings. The van der Waals surface area contributed by atoms with E-state index in [0.717, 1.165) is 47.3 Å². The normalized spacial score (nSPS) is 14.9. The van der Waals surface area contributed by atoms with E-state index in [4.69, 9.17) is 4.74 Å². The lowest BCUT2D eigenvalue weighted by atomic mass is 9.84. The second-order valence-corrected chi connectivity index (χ2v) is 6.75. The Balaban J connectivity index is 2.18. The van der Waals surface area contributed by atoms with Crippen molar-refractivity contribution in [3.63, 3.8) is 0 Å². The highest BCUT2D eigenvalue weighted by Gasteiger charge is 2.34. The zero-order valence-corrected chi connectivity index (χ0v) is 13.9. The topological polar surface area (TPSA) is 29.5 Å². The smallest absolute Gasteiger partial charge is 0.132 e. The van der Waals surface area contributed by atoms with Crippen molar-refractivity contribution in [1.82, 2.24) is 0 Å². The van der Waals surface area contributed by atoms with E-state index < -0.39 is 0 Å². The number of hydrogen-bond donors (Lipinski definition) is 1. The average molecular weight is 296 g/mol. The van der Waals surface area contributed by atoms with E-state index in [0.29, 0.717) is 5.75 Å². The lowest BCUT2D eigenvalue weighted by molar-refractivity contribution is 0.105. The maximum Gasteiger partial charge on any atom is 0.132 e. The van der Waals surface area contributed by atoms with Gasteiger partial charge in [-0.05, 0) is 56.9 Å². The summed E-state index contributed by atoms with van der Waals surface area (Å²) in [4.78, 5) is 0. The Hall–Kier alpha value is -1.96. The summed E-state index contributed by atoms with van der Waals surface area (Å²) in [5, 5.41) is 10.6. The molecule has 116 valence electrons. The van der Waals surface area contributed by atoms with Gasteiger partial charge in [-0.1, -0.05) is 37.1 Å². The fraction of sp³-hybridized carbons (Fsp3) is 0.400. The molecule has 2 nitrogen and oxygen atoms in total. The van der Waals surface area contributed by atoms with Crippen molar-refractivity contribution in [3.8, 4) is 22.6 Å². The van der Waals surface area contributed by atoms with Crippen molar-refractivity contribution >= 4 is 0 Å². The van der Waals surface area contributed by atoms with Gasteiger partial charge >= 0.3 is 0 Å². The molecule has 1 aliphatic heterocycles. The highest BCUT2D eigenvalue weighted by atomic mass is 16.5. The fourth-order valence-electron chi connectivity index (χ4n) is 3.25. The molecule has 1 aliphatic rings. The summed E-state index contributed by atoms with van der Waals surface area (Å²) in [6, 6.07) is 10.3. The molecule has 0 radical (unpaired) electrons. The van der Waals surface area contributed by atoms with Gasteiger partial charge in [-0.25, -0.2) is 0 Å². The first-order valence-corrected chi connectivity index (χ1v) is 8.09. The number of ether oxygens (including phenoxy) is 1. The molecule has 0 aliphatic carbocycles. The highest BCUT2D eigenvalue weighted by Crippen LogP contribution is 2.49. The molecule has 2 heteroatoms. The van der Waals surface area contributed by atoms with Crippen LogP contribution in [0.25, 0.3) is 11.1 Å². The SMILES string of the molecule is CCCCc1cc(O)c2c(c1)OC(C)(C)c1ccc(C)cc1-2. The monoisotopic (exact) mass is 296 g/mol. The molecule has 2 aromatic carbocycles. The lowest BCUT2D eigenvalue weighted by Crippen LogP contribution is -2.29. The van der Waals surface area contributed by atoms with E-state index in [2.05, 4.69) is 52.0 Å². The minimum Gasteiger partial charge on any atom is -0.507 e. The number of fused-ring (bicyclic) bond motifs is 3. The Labute approximate surface area is 132 Å². The molecule has 0 unspecified atom stereocenters. The Morgan fingerprint density at radius 3 is 2.64 bits per heavy atom. The molecule has 3 rings (SSSR count). The van der Waals surface area contributed by atoms with E-state index in [1.54, 1.807) is 0 Å². The molecular formula is C20H24O2. The van der Waals surface area contributed by atoms with Crippen LogP contribution in [0.1, 0.15) is 50.3 Å². The Kier molecular flexibility index (Phi) is 3.64. The zero-order chi connectivity index (χ0) is 15.9. The van der Waals surface area contributed by atoms with Gasteiger partial charge in [-0.2, -0.15) is 0 Å². The summed E-state index contributed by atoms with van der Waals surface area (Å²) < 4.78 is 6.23. The molecule has 1 heterocycles. The van der Waals surface area contributed by atoms with E-state index in [-0.39, 0.29) is 5.60 Å². The summed E-state index contributed by atoms with van der Waals surface area (Å²) in [6.07, 6.45) is 3.24. The second kappa shape index (κ2) is 5.35. The third-order valence-corrected chi connectivity index (χ3v) is 4.42. The van der Waals surface area contributed by atoms with Gasteiger partial charge in [0.25, 0.3) is 0 Å². The van der Waals surface area contributed by atoms with Gasteiger partial charge in [0, 0.05) is 5.56 Å². The third-order valence-electron chi connectivity index (χ3n) is 4.42. The molecule has 1 N–H and O–H groups in total. The molecule has 2 aromatic rings. The summed E-state index contributed by atoms with van der Waals surface area (Å²) >= 11 is 0. The first-order chi connectivity index (χ1) is 10.4. The predicted octanol–water partition coefficient (Wildman–Crippen LogP) is 5.34. The maximum atomic E-state index is 10.6. The van der Waals surface area contributed by atoms with Crippen LogP contribution in [-0.4, -0.2) is 5.11 Å². The van der Waals surface area contributed by atoms with Crippen molar-refractivity contribution in [2.24, 2.45) is 0 Å². The quantitative estimate of drug-likeness (QED) is 0.828. The molecule has 0 spiro atoms. The average Bonchev–Trinajstić information content (AvgIpc) is 2.43. The van der Waals surface area contributed by atoms with Gasteiger partial charge in [0.1, 0.15) is 17.1 Å². The minimum atomic E-state index is -0.383. The number of hydrogen-bond acceptors (Lipinski definition) is 2. The van der Waals surface area contributed by atoms with Crippen LogP contribution in [-0.2, 0) is 12.0 Å². The van der Waals surface area contributed by atoms with E-state index in [1.807, 2.05) is 6.07 Å². The number of aryl methyl sites for hydroxylation is 2. The van der Waals surface area contributed by atoms with Crippen LogP contribution in [0.4, 0.5) is 0 Å². The Morgan fingerprint density at radius 1 is 1.14 bits per heavy atom. The molecule has 0 saturated heterocycles. The first kappa shape index (κ1) is 15.0. The van der Waals surface area contributed by atoms with Crippen LogP contribution in [0.15, 0.2) is 30.3 Å². The lowest BCUT2D eigenvalue weighted by Gasteiger charge is -2.35. The summed E-state index contributed by atoms with van der Waals surface area (Å²) in [5.41, 5.74) is 5.00. The van der Waals surface area contributed by atoms with Gasteiger partial charge in [-0.3, -0.25) is 0 Å². The van der Waals surface area contributed by atoms with Crippen LogP contribution < -0.4 is 4.74 Å². The third kappa shape index (κ3) is 2.47. The van der Waals surface area contributed by atoms with Gasteiger partial charge < -0.3 is 9.84 Å². The number of rotatable bonds is 3. The van der Waals surface area contributed by atoms with Crippen LogP contribution in [0.3, 0.4) is 0 Å². The fourth-order valence-corrected chi connectivity index (χ4v) is 3.25. The van der Waals surface area contributed by atoms with Crippen molar-refractivity contribution in [2.45, 2.75) is 52.6 Å². The number of unbranched alkanes of at least 4 members (excludes halogenated alkanes) is 1. The van der Waals surface area contributed by atoms with Crippen LogP contribution in [0.5, 0.6) is 11.5 Å². The van der Waals surface area contributed by atoms with Crippen molar-refractivity contribution in [2.75, 3.05) is 0 Å². The van der Waals surface area contributed by atoms with Gasteiger partial charge in [-0.15, -0.1) is 0 Å². The van der Waals surface area contributed by atoms with E-state index in [1.165, 1.54) is 5.56 Å². The van der Waals surface area contributed by atoms with Crippen molar-refractivity contribution in [3.05, 3.63) is 47.0 Å². The molecule has 0 atom stereocenters. The van der Waals surface area contributed by atoms with Crippen molar-refractivity contribution in [1.29, 1.82) is 0 Å². The molecule has 0 bridgehead atoms. The standard InChI is InChI=1S/C20H24O2/c1-5-6-7-14-11-17(21)19-15-10-13(2)8-9-16(15)20(3,4)22-18(19)12-14/h8-12,21H,5-7H2,1-4H3. The van der Waals surface area contributed by atoms with E-state index >= 15 is 0 Å². The number of phenolic OH excluding ortho intramolecular Hbond substituents is 1. The highest BCUT2D eigenvalue weighted by molar-refractivity contribution is 5.82. The predicted molar refractivity (Wildman–Crippen MR) is 90.5 cm³/mol.